The molecule has 1 aliphatic rings. The van der Waals surface area contributed by atoms with E-state index in [-0.39, 0.29) is 18.3 Å². The minimum absolute atomic E-state index is 0.147. The Kier molecular flexibility index (Phi) is 7.91. The van der Waals surface area contributed by atoms with Crippen molar-refractivity contribution in [1.82, 2.24) is 10.2 Å². The fraction of sp³-hybridized carbons (Fsp3) is 0.391. The lowest BCUT2D eigenvalue weighted by molar-refractivity contribution is -0.119. The van der Waals surface area contributed by atoms with E-state index in [0.717, 1.165) is 18.5 Å². The second-order valence-corrected chi connectivity index (χ2v) is 7.80. The number of nitrogens with zero attached hydrogens (tertiary/aromatic N) is 1. The zero-order chi connectivity index (χ0) is 23.1. The molecule has 0 bridgehead atoms. The van der Waals surface area contributed by atoms with Crippen molar-refractivity contribution < 1.29 is 29.3 Å². The molecule has 1 fully saturated rings. The fourth-order valence-electron chi connectivity index (χ4n) is 3.66. The Bertz CT molecular complexity index is 934. The van der Waals surface area contributed by atoms with Gasteiger partial charge in [-0.2, -0.15) is 0 Å². The smallest absolute Gasteiger partial charge is 0.255 e. The predicted molar refractivity (Wildman–Crippen MR) is 118 cm³/mol. The molecule has 9 heteroatoms. The molecule has 1 saturated heterocycles. The zero-order valence-corrected chi connectivity index (χ0v) is 18.0. The van der Waals surface area contributed by atoms with Gasteiger partial charge in [0.2, 0.25) is 0 Å². The highest BCUT2D eigenvalue weighted by Gasteiger charge is 2.27. The lowest BCUT2D eigenvalue weighted by Gasteiger charge is -2.27. The van der Waals surface area contributed by atoms with E-state index in [1.807, 2.05) is 6.07 Å². The van der Waals surface area contributed by atoms with Gasteiger partial charge < -0.3 is 30.7 Å². The van der Waals surface area contributed by atoms with Gasteiger partial charge in [0.1, 0.15) is 17.2 Å². The van der Waals surface area contributed by atoms with Crippen molar-refractivity contribution in [3.8, 4) is 17.2 Å². The molecule has 0 aromatic heterocycles. The molecule has 0 radical (unpaired) electrons. The van der Waals surface area contributed by atoms with Crippen molar-refractivity contribution in [3.63, 3.8) is 0 Å². The van der Waals surface area contributed by atoms with E-state index in [1.54, 1.807) is 43.5 Å². The third kappa shape index (κ3) is 6.35. The van der Waals surface area contributed by atoms with Crippen LogP contribution in [-0.2, 0) is 11.3 Å². The number of hydrogen-bond acceptors (Lipinski definition) is 7. The summed E-state index contributed by atoms with van der Waals surface area (Å²) in [6.07, 6.45) is 0.665. The van der Waals surface area contributed by atoms with Crippen molar-refractivity contribution in [2.75, 3.05) is 26.8 Å². The Morgan fingerprint density at radius 2 is 1.91 bits per heavy atom. The third-order valence-corrected chi connectivity index (χ3v) is 5.39. The molecule has 1 heterocycles. The third-order valence-electron chi connectivity index (χ3n) is 5.39. The average Bonchev–Trinajstić information content (AvgIpc) is 2.94. The number of primary amides is 1. The van der Waals surface area contributed by atoms with E-state index < -0.39 is 18.1 Å². The summed E-state index contributed by atoms with van der Waals surface area (Å²) in [4.78, 5) is 25.6. The summed E-state index contributed by atoms with van der Waals surface area (Å²) < 4.78 is 10.3. The number of carbonyl (C=O) groups is 2. The van der Waals surface area contributed by atoms with Crippen molar-refractivity contribution >= 4 is 11.8 Å². The number of aliphatic hydroxyl groups excluding tert-OH is 1. The van der Waals surface area contributed by atoms with Gasteiger partial charge in [-0.25, -0.2) is 0 Å². The molecule has 32 heavy (non-hydrogen) atoms. The number of likely N-dealkylation sites (tertiary alicyclic amines) is 1. The summed E-state index contributed by atoms with van der Waals surface area (Å²) in [5.41, 5.74) is 6.21. The Morgan fingerprint density at radius 1 is 1.19 bits per heavy atom. The topological polar surface area (TPSA) is 134 Å². The number of phenolic OH excluding ortho intramolecular Hbond substituents is 1. The largest absolute Gasteiger partial charge is 0.507 e. The van der Waals surface area contributed by atoms with Gasteiger partial charge in [-0.05, 0) is 49.7 Å². The number of nitrogens with two attached hydrogens (primary N) is 1. The van der Waals surface area contributed by atoms with Gasteiger partial charge in [0.05, 0.1) is 19.3 Å². The maximum atomic E-state index is 12.7. The summed E-state index contributed by atoms with van der Waals surface area (Å²) >= 11 is 0. The molecule has 172 valence electrons. The second kappa shape index (κ2) is 10.8. The first-order valence-electron chi connectivity index (χ1n) is 10.4. The minimum atomic E-state index is -0.674. The molecular formula is C23H29N3O6. The van der Waals surface area contributed by atoms with Crippen molar-refractivity contribution in [1.29, 1.82) is 0 Å². The summed E-state index contributed by atoms with van der Waals surface area (Å²) in [5.74, 6) is 0.258. The summed E-state index contributed by atoms with van der Waals surface area (Å²) in [6.45, 7) is 1.43. The monoisotopic (exact) mass is 443 g/mol. The number of ether oxygens (including phenoxy) is 2. The van der Waals surface area contributed by atoms with Crippen molar-refractivity contribution in [2.24, 2.45) is 5.73 Å². The molecule has 9 nitrogen and oxygen atoms in total. The van der Waals surface area contributed by atoms with Crippen LogP contribution in [0.2, 0.25) is 0 Å². The molecule has 2 unspecified atom stereocenters. The van der Waals surface area contributed by atoms with Crippen molar-refractivity contribution in [3.05, 3.63) is 53.6 Å². The van der Waals surface area contributed by atoms with Crippen LogP contribution in [0, 0.1) is 0 Å². The second-order valence-electron chi connectivity index (χ2n) is 7.80. The highest BCUT2D eigenvalue weighted by atomic mass is 16.5. The number of amides is 2. The van der Waals surface area contributed by atoms with Crippen LogP contribution in [0.4, 0.5) is 0 Å². The van der Waals surface area contributed by atoms with Gasteiger partial charge in [-0.1, -0.05) is 6.07 Å². The maximum Gasteiger partial charge on any atom is 0.255 e. The van der Waals surface area contributed by atoms with E-state index in [9.17, 15) is 19.8 Å². The fourth-order valence-corrected chi connectivity index (χ4v) is 3.66. The number of hydrogen-bond donors (Lipinski definition) is 4. The van der Waals surface area contributed by atoms with Crippen LogP contribution in [0.3, 0.4) is 0 Å². The summed E-state index contributed by atoms with van der Waals surface area (Å²) in [6, 6.07) is 11.0. The number of aliphatic hydroxyl groups is 1. The summed E-state index contributed by atoms with van der Waals surface area (Å²) in [5, 5.41) is 23.7. The van der Waals surface area contributed by atoms with Gasteiger partial charge in [0.25, 0.3) is 11.8 Å². The van der Waals surface area contributed by atoms with E-state index in [0.29, 0.717) is 36.6 Å². The molecule has 2 atom stereocenters. The number of aromatic hydroxyl groups is 1. The summed E-state index contributed by atoms with van der Waals surface area (Å²) in [7, 11) is 1.54. The van der Waals surface area contributed by atoms with Gasteiger partial charge in [0, 0.05) is 30.3 Å². The van der Waals surface area contributed by atoms with Gasteiger partial charge in [0.15, 0.2) is 6.61 Å². The van der Waals surface area contributed by atoms with Crippen LogP contribution >= 0.6 is 0 Å². The number of methoxy groups -OCH3 is 1. The maximum absolute atomic E-state index is 12.7. The van der Waals surface area contributed by atoms with Gasteiger partial charge in [-0.15, -0.1) is 0 Å². The van der Waals surface area contributed by atoms with Gasteiger partial charge in [-0.3, -0.25) is 14.5 Å². The predicted octanol–water partition coefficient (Wildman–Crippen LogP) is 1.02. The number of carbonyl (C=O) groups excluding carboxylic acids is 2. The molecule has 0 spiro atoms. The Hall–Kier alpha value is -3.30. The van der Waals surface area contributed by atoms with E-state index in [1.165, 1.54) is 0 Å². The lowest BCUT2D eigenvalue weighted by atomic mass is 10.1. The van der Waals surface area contributed by atoms with Crippen LogP contribution in [0.5, 0.6) is 17.2 Å². The van der Waals surface area contributed by atoms with E-state index in [4.69, 9.17) is 15.2 Å². The Morgan fingerprint density at radius 3 is 2.56 bits per heavy atom. The highest BCUT2D eigenvalue weighted by Crippen LogP contribution is 2.25. The molecule has 0 aliphatic carbocycles. The standard InChI is InChI=1S/C23H29N3O6/c1-31-18-9-6-16(21(28)11-18)12-26-10-2-3-20(27)19(13-26)25-23(30)15-4-7-17(8-5-15)32-14-22(24)29/h4-9,11,19-20,27-28H,2-3,10,12-14H2,1H3,(H2,24,29)(H,25,30). The molecule has 5 N–H and O–H groups in total. The molecule has 2 amide bonds. The van der Waals surface area contributed by atoms with Crippen LogP contribution in [0.25, 0.3) is 0 Å². The van der Waals surface area contributed by atoms with Crippen LogP contribution in [0.1, 0.15) is 28.8 Å². The first-order valence-corrected chi connectivity index (χ1v) is 10.4. The molecular weight excluding hydrogens is 414 g/mol. The van der Waals surface area contributed by atoms with Crippen LogP contribution in [0.15, 0.2) is 42.5 Å². The number of phenols is 1. The normalized spacial score (nSPS) is 19.1. The van der Waals surface area contributed by atoms with E-state index >= 15 is 0 Å². The van der Waals surface area contributed by atoms with Gasteiger partial charge >= 0.3 is 0 Å². The first kappa shape index (κ1) is 23.4. The quantitative estimate of drug-likeness (QED) is 0.478. The first-order chi connectivity index (χ1) is 15.4. The zero-order valence-electron chi connectivity index (χ0n) is 18.0. The molecule has 1 aliphatic heterocycles. The minimum Gasteiger partial charge on any atom is -0.507 e. The lowest BCUT2D eigenvalue weighted by Crippen LogP contribution is -2.48. The molecule has 2 aromatic rings. The SMILES string of the molecule is COc1ccc(CN2CCCC(O)C(NC(=O)c3ccc(OCC(N)=O)cc3)C2)c(O)c1. The molecule has 0 saturated carbocycles. The number of rotatable bonds is 8. The number of nitrogens with one attached hydrogen (secondary N) is 1. The highest BCUT2D eigenvalue weighted by molar-refractivity contribution is 5.94. The van der Waals surface area contributed by atoms with E-state index in [2.05, 4.69) is 10.2 Å². The van der Waals surface area contributed by atoms with Crippen LogP contribution in [-0.4, -0.2) is 65.9 Å². The average molecular weight is 444 g/mol. The Labute approximate surface area is 186 Å². The molecule has 2 aromatic carbocycles. The number of benzene rings is 2. The Balaban J connectivity index is 1.63. The van der Waals surface area contributed by atoms with Crippen LogP contribution < -0.4 is 20.5 Å². The van der Waals surface area contributed by atoms with Crippen molar-refractivity contribution in [2.45, 2.75) is 31.5 Å². The molecule has 3 rings (SSSR count).